The van der Waals surface area contributed by atoms with Crippen molar-refractivity contribution in [1.29, 1.82) is 0 Å². The minimum atomic E-state index is 0.0639. The Morgan fingerprint density at radius 3 is 2.64 bits per heavy atom. The lowest BCUT2D eigenvalue weighted by Gasteiger charge is -2.13. The number of aryl methyl sites for hydroxylation is 1. The fourth-order valence-corrected chi connectivity index (χ4v) is 2.82. The van der Waals surface area contributed by atoms with E-state index in [-0.39, 0.29) is 5.91 Å². The number of nitrogens with one attached hydrogen (secondary N) is 2. The van der Waals surface area contributed by atoms with Gasteiger partial charge in [-0.05, 0) is 56.2 Å². The lowest BCUT2D eigenvalue weighted by atomic mass is 9.97. The first-order chi connectivity index (χ1) is 10.8. The van der Waals surface area contributed by atoms with Crippen LogP contribution in [0.3, 0.4) is 0 Å². The van der Waals surface area contributed by atoms with Crippen molar-refractivity contribution < 1.29 is 4.79 Å². The molecule has 120 valence electrons. The highest BCUT2D eigenvalue weighted by atomic mass is 16.1. The van der Waals surface area contributed by atoms with Gasteiger partial charge < -0.3 is 10.6 Å². The molecule has 2 N–H and O–H groups in total. The number of carbonyl (C=O) groups excluding carboxylic acids is 1. The maximum Gasteiger partial charge on any atom is 0.239 e. The second-order valence-electron chi connectivity index (χ2n) is 6.01. The maximum absolute atomic E-state index is 11.8. The number of hydrogen-bond acceptors (Lipinski definition) is 2. The Labute approximate surface area is 134 Å². The molecule has 3 nitrogen and oxygen atoms in total. The quantitative estimate of drug-likeness (QED) is 0.711. The summed E-state index contributed by atoms with van der Waals surface area (Å²) in [5.41, 5.74) is 3.86. The first-order valence-corrected chi connectivity index (χ1v) is 8.55. The molecule has 0 aromatic heterocycles. The van der Waals surface area contributed by atoms with E-state index in [9.17, 15) is 4.79 Å². The van der Waals surface area contributed by atoms with Gasteiger partial charge in [-0.3, -0.25) is 4.79 Å². The molecule has 1 aromatic rings. The van der Waals surface area contributed by atoms with E-state index in [0.717, 1.165) is 31.5 Å². The molecule has 2 rings (SSSR count). The van der Waals surface area contributed by atoms with Crippen LogP contribution in [0.1, 0.15) is 51.0 Å². The molecule has 1 amide bonds. The van der Waals surface area contributed by atoms with E-state index in [4.69, 9.17) is 0 Å². The van der Waals surface area contributed by atoms with E-state index < -0.39 is 0 Å². The van der Waals surface area contributed by atoms with Crippen molar-refractivity contribution in [3.63, 3.8) is 0 Å². The Morgan fingerprint density at radius 1 is 1.14 bits per heavy atom. The first kappa shape index (κ1) is 16.6. The third-order valence-electron chi connectivity index (χ3n) is 4.10. The van der Waals surface area contributed by atoms with Crippen molar-refractivity contribution in [1.82, 2.24) is 5.32 Å². The van der Waals surface area contributed by atoms with Crippen LogP contribution in [0.4, 0.5) is 5.69 Å². The Balaban J connectivity index is 1.63. The van der Waals surface area contributed by atoms with Gasteiger partial charge in [0, 0.05) is 12.2 Å². The van der Waals surface area contributed by atoms with Gasteiger partial charge >= 0.3 is 0 Å². The molecular weight excluding hydrogens is 272 g/mol. The topological polar surface area (TPSA) is 41.1 Å². The van der Waals surface area contributed by atoms with Crippen LogP contribution in [0.2, 0.25) is 0 Å². The second kappa shape index (κ2) is 9.29. The Morgan fingerprint density at radius 2 is 1.95 bits per heavy atom. The van der Waals surface area contributed by atoms with Crippen LogP contribution in [0.25, 0.3) is 0 Å². The molecule has 0 heterocycles. The standard InChI is InChI=1S/C19H28N2O/c1-2-6-16-9-11-18(12-10-16)21-15-19(22)20-14-13-17-7-4-3-5-8-17/h7,9-12,21H,2-6,8,13-15H2,1H3,(H,20,22). The summed E-state index contributed by atoms with van der Waals surface area (Å²) < 4.78 is 0. The Kier molecular flexibility index (Phi) is 7.01. The van der Waals surface area contributed by atoms with E-state index >= 15 is 0 Å². The molecule has 0 radical (unpaired) electrons. The smallest absolute Gasteiger partial charge is 0.239 e. The minimum absolute atomic E-state index is 0.0639. The molecule has 0 saturated heterocycles. The van der Waals surface area contributed by atoms with Crippen molar-refractivity contribution in [2.24, 2.45) is 0 Å². The summed E-state index contributed by atoms with van der Waals surface area (Å²) in [5.74, 6) is 0.0639. The van der Waals surface area contributed by atoms with Gasteiger partial charge in [0.25, 0.3) is 0 Å². The molecule has 22 heavy (non-hydrogen) atoms. The number of allylic oxidation sites excluding steroid dienone is 1. The van der Waals surface area contributed by atoms with E-state index in [2.05, 4.69) is 35.8 Å². The Bertz CT molecular complexity index is 491. The summed E-state index contributed by atoms with van der Waals surface area (Å²) in [6.45, 7) is 3.27. The summed E-state index contributed by atoms with van der Waals surface area (Å²) in [4.78, 5) is 11.8. The van der Waals surface area contributed by atoms with Crippen LogP contribution in [-0.4, -0.2) is 19.0 Å². The monoisotopic (exact) mass is 300 g/mol. The van der Waals surface area contributed by atoms with Crippen molar-refractivity contribution in [3.8, 4) is 0 Å². The van der Waals surface area contributed by atoms with Crippen molar-refractivity contribution in [2.45, 2.75) is 51.9 Å². The van der Waals surface area contributed by atoms with Gasteiger partial charge in [0.05, 0.1) is 6.54 Å². The molecule has 0 fully saturated rings. The second-order valence-corrected chi connectivity index (χ2v) is 6.01. The molecular formula is C19H28N2O. The van der Waals surface area contributed by atoms with E-state index in [1.807, 2.05) is 12.1 Å². The molecule has 1 aliphatic carbocycles. The van der Waals surface area contributed by atoms with Gasteiger partial charge in [-0.2, -0.15) is 0 Å². The van der Waals surface area contributed by atoms with Gasteiger partial charge in [-0.15, -0.1) is 0 Å². The molecule has 0 bridgehead atoms. The molecule has 3 heteroatoms. The predicted octanol–water partition coefficient (Wildman–Crippen LogP) is 4.06. The lowest BCUT2D eigenvalue weighted by Crippen LogP contribution is -2.30. The third kappa shape index (κ3) is 5.92. The van der Waals surface area contributed by atoms with Gasteiger partial charge in [0.2, 0.25) is 5.91 Å². The molecule has 0 atom stereocenters. The van der Waals surface area contributed by atoms with Gasteiger partial charge in [0.1, 0.15) is 0 Å². The minimum Gasteiger partial charge on any atom is -0.376 e. The largest absolute Gasteiger partial charge is 0.376 e. The summed E-state index contributed by atoms with van der Waals surface area (Å²) >= 11 is 0. The predicted molar refractivity (Wildman–Crippen MR) is 93.1 cm³/mol. The number of amides is 1. The summed E-state index contributed by atoms with van der Waals surface area (Å²) in [6.07, 6.45) is 10.6. The zero-order chi connectivity index (χ0) is 15.6. The van der Waals surface area contributed by atoms with Crippen molar-refractivity contribution in [3.05, 3.63) is 41.5 Å². The zero-order valence-corrected chi connectivity index (χ0v) is 13.7. The average Bonchev–Trinajstić information content (AvgIpc) is 2.55. The summed E-state index contributed by atoms with van der Waals surface area (Å²) in [7, 11) is 0. The molecule has 1 aromatic carbocycles. The van der Waals surface area contributed by atoms with Crippen LogP contribution >= 0.6 is 0 Å². The summed E-state index contributed by atoms with van der Waals surface area (Å²) in [5, 5.41) is 6.17. The lowest BCUT2D eigenvalue weighted by molar-refractivity contribution is -0.119. The molecule has 0 unspecified atom stereocenters. The van der Waals surface area contributed by atoms with Crippen LogP contribution in [0.15, 0.2) is 35.9 Å². The fraction of sp³-hybridized carbons (Fsp3) is 0.526. The van der Waals surface area contributed by atoms with Crippen molar-refractivity contribution >= 4 is 11.6 Å². The van der Waals surface area contributed by atoms with Crippen molar-refractivity contribution in [2.75, 3.05) is 18.4 Å². The average molecular weight is 300 g/mol. The molecule has 0 aliphatic heterocycles. The molecule has 1 aliphatic rings. The highest BCUT2D eigenvalue weighted by molar-refractivity contribution is 5.80. The van der Waals surface area contributed by atoms with Gasteiger partial charge in [0.15, 0.2) is 0 Å². The molecule has 0 spiro atoms. The third-order valence-corrected chi connectivity index (χ3v) is 4.10. The zero-order valence-electron chi connectivity index (χ0n) is 13.7. The fourth-order valence-electron chi connectivity index (χ4n) is 2.82. The van der Waals surface area contributed by atoms with Crippen LogP contribution in [0.5, 0.6) is 0 Å². The number of rotatable bonds is 8. The number of carbonyl (C=O) groups is 1. The van der Waals surface area contributed by atoms with Crippen LogP contribution in [-0.2, 0) is 11.2 Å². The maximum atomic E-state index is 11.8. The number of anilines is 1. The van der Waals surface area contributed by atoms with Crippen LogP contribution in [0, 0.1) is 0 Å². The SMILES string of the molecule is CCCc1ccc(NCC(=O)NCCC2=CCCCC2)cc1. The first-order valence-electron chi connectivity index (χ1n) is 8.55. The van der Waals surface area contributed by atoms with E-state index in [1.54, 1.807) is 0 Å². The normalized spacial score (nSPS) is 14.3. The summed E-state index contributed by atoms with van der Waals surface area (Å²) in [6, 6.07) is 8.34. The van der Waals surface area contributed by atoms with E-state index in [0.29, 0.717) is 6.54 Å². The highest BCUT2D eigenvalue weighted by Crippen LogP contribution is 2.19. The Hall–Kier alpha value is -1.77. The van der Waals surface area contributed by atoms with Gasteiger partial charge in [-0.25, -0.2) is 0 Å². The number of hydrogen-bond donors (Lipinski definition) is 2. The number of benzene rings is 1. The van der Waals surface area contributed by atoms with Gasteiger partial charge in [-0.1, -0.05) is 37.1 Å². The van der Waals surface area contributed by atoms with E-state index in [1.165, 1.54) is 36.8 Å². The van der Waals surface area contributed by atoms with Crippen LogP contribution < -0.4 is 10.6 Å². The molecule has 0 saturated carbocycles. The highest BCUT2D eigenvalue weighted by Gasteiger charge is 2.05.